The number of rotatable bonds is 6. The van der Waals surface area contributed by atoms with Crippen LogP contribution in [-0.4, -0.2) is 60.1 Å². The zero-order valence-corrected chi connectivity index (χ0v) is 18.1. The van der Waals surface area contributed by atoms with Gasteiger partial charge in [-0.3, -0.25) is 9.59 Å². The van der Waals surface area contributed by atoms with Crippen LogP contribution in [0.1, 0.15) is 42.5 Å². The Hall–Kier alpha value is -1.05. The Morgan fingerprint density at radius 1 is 1.33 bits per heavy atom. The standard InChI is InChI=1S/C20H27BrN2O3S/c1-27-13-10-16(22-19(24)14-6-2-3-7-15(14)21)20(25)23-11-12-26-18-9-5-4-8-17(18)23/h2-3,6-7,16-18H,4-5,8-13H2,1H3,(H,22,24). The van der Waals surface area contributed by atoms with E-state index in [-0.39, 0.29) is 24.0 Å². The van der Waals surface area contributed by atoms with Crippen molar-refractivity contribution in [3.05, 3.63) is 34.3 Å². The van der Waals surface area contributed by atoms with E-state index in [1.165, 1.54) is 0 Å². The van der Waals surface area contributed by atoms with Crippen LogP contribution in [0.15, 0.2) is 28.7 Å². The molecule has 0 spiro atoms. The average molecular weight is 455 g/mol. The van der Waals surface area contributed by atoms with E-state index in [2.05, 4.69) is 21.2 Å². The first kappa shape index (κ1) is 20.7. The molecule has 1 saturated heterocycles. The van der Waals surface area contributed by atoms with Gasteiger partial charge in [0.05, 0.1) is 24.3 Å². The SMILES string of the molecule is CSCCC(NC(=O)c1ccccc1Br)C(=O)N1CCOC2CCCCC21. The van der Waals surface area contributed by atoms with Crippen molar-refractivity contribution in [2.24, 2.45) is 0 Å². The predicted octanol–water partition coefficient (Wildman–Crippen LogP) is 3.47. The molecule has 2 fully saturated rings. The number of nitrogens with zero attached hydrogens (tertiary/aromatic N) is 1. The van der Waals surface area contributed by atoms with E-state index >= 15 is 0 Å². The number of benzene rings is 1. The molecule has 5 nitrogen and oxygen atoms in total. The third kappa shape index (κ3) is 5.06. The molecule has 3 rings (SSSR count). The number of amides is 2. The summed E-state index contributed by atoms with van der Waals surface area (Å²) in [6.45, 7) is 1.20. The van der Waals surface area contributed by atoms with Crippen LogP contribution >= 0.6 is 27.7 Å². The van der Waals surface area contributed by atoms with Gasteiger partial charge in [-0.15, -0.1) is 0 Å². The zero-order valence-electron chi connectivity index (χ0n) is 15.7. The molecule has 1 aliphatic carbocycles. The molecule has 1 saturated carbocycles. The van der Waals surface area contributed by atoms with Crippen LogP contribution in [-0.2, 0) is 9.53 Å². The lowest BCUT2D eigenvalue weighted by Crippen LogP contribution is -2.59. The van der Waals surface area contributed by atoms with Gasteiger partial charge in [0.25, 0.3) is 5.91 Å². The van der Waals surface area contributed by atoms with Gasteiger partial charge in [0.2, 0.25) is 5.91 Å². The molecule has 2 aliphatic rings. The predicted molar refractivity (Wildman–Crippen MR) is 112 cm³/mol. The molecular weight excluding hydrogens is 428 g/mol. The summed E-state index contributed by atoms with van der Waals surface area (Å²) >= 11 is 5.11. The molecule has 1 heterocycles. The summed E-state index contributed by atoms with van der Waals surface area (Å²) in [6.07, 6.45) is 7.10. The van der Waals surface area contributed by atoms with E-state index < -0.39 is 6.04 Å². The topological polar surface area (TPSA) is 58.6 Å². The van der Waals surface area contributed by atoms with Gasteiger partial charge in [-0.05, 0) is 59.3 Å². The molecule has 0 aromatic heterocycles. The van der Waals surface area contributed by atoms with Gasteiger partial charge in [-0.1, -0.05) is 25.0 Å². The van der Waals surface area contributed by atoms with Crippen LogP contribution in [0.5, 0.6) is 0 Å². The molecule has 27 heavy (non-hydrogen) atoms. The van der Waals surface area contributed by atoms with E-state index in [9.17, 15) is 9.59 Å². The second kappa shape index (κ2) is 9.94. The summed E-state index contributed by atoms with van der Waals surface area (Å²) in [5.41, 5.74) is 0.553. The van der Waals surface area contributed by atoms with Gasteiger partial charge >= 0.3 is 0 Å². The van der Waals surface area contributed by atoms with Crippen LogP contribution in [0, 0.1) is 0 Å². The maximum Gasteiger partial charge on any atom is 0.253 e. The molecule has 1 aromatic rings. The van der Waals surface area contributed by atoms with E-state index in [0.717, 1.165) is 35.9 Å². The highest BCUT2D eigenvalue weighted by Crippen LogP contribution is 2.29. The van der Waals surface area contributed by atoms with Crippen LogP contribution in [0.4, 0.5) is 0 Å². The zero-order chi connectivity index (χ0) is 19.2. The lowest BCUT2D eigenvalue weighted by Gasteiger charge is -2.45. The van der Waals surface area contributed by atoms with Gasteiger partial charge in [-0.25, -0.2) is 0 Å². The van der Waals surface area contributed by atoms with Crippen molar-refractivity contribution < 1.29 is 14.3 Å². The fourth-order valence-corrected chi connectivity index (χ4v) is 4.88. The Bertz CT molecular complexity index is 670. The van der Waals surface area contributed by atoms with Crippen molar-refractivity contribution in [1.29, 1.82) is 0 Å². The molecule has 0 radical (unpaired) electrons. The van der Waals surface area contributed by atoms with E-state index in [1.54, 1.807) is 17.8 Å². The smallest absolute Gasteiger partial charge is 0.253 e. The lowest BCUT2D eigenvalue weighted by molar-refractivity contribution is -0.151. The molecule has 1 aromatic carbocycles. The maximum absolute atomic E-state index is 13.3. The summed E-state index contributed by atoms with van der Waals surface area (Å²) in [7, 11) is 0. The second-order valence-electron chi connectivity index (χ2n) is 7.08. The number of fused-ring (bicyclic) bond motifs is 1. The summed E-state index contributed by atoms with van der Waals surface area (Å²) in [6, 6.07) is 6.94. The van der Waals surface area contributed by atoms with Crippen LogP contribution < -0.4 is 5.32 Å². The molecule has 7 heteroatoms. The fourth-order valence-electron chi connectivity index (χ4n) is 3.94. The molecule has 0 bridgehead atoms. The van der Waals surface area contributed by atoms with Gasteiger partial charge in [-0.2, -0.15) is 11.8 Å². The Labute approximate surface area is 173 Å². The van der Waals surface area contributed by atoms with E-state index in [4.69, 9.17) is 4.74 Å². The van der Waals surface area contributed by atoms with Crippen LogP contribution in [0.2, 0.25) is 0 Å². The van der Waals surface area contributed by atoms with Crippen LogP contribution in [0.3, 0.4) is 0 Å². The van der Waals surface area contributed by atoms with Crippen molar-refractivity contribution in [2.45, 2.75) is 50.3 Å². The number of thioether (sulfide) groups is 1. The van der Waals surface area contributed by atoms with Crippen molar-refractivity contribution in [2.75, 3.05) is 25.2 Å². The Kier molecular flexibility index (Phi) is 7.61. The number of carbonyl (C=O) groups is 2. The number of morpholine rings is 1. The summed E-state index contributed by atoms with van der Waals surface area (Å²) < 4.78 is 6.63. The third-order valence-corrected chi connectivity index (χ3v) is 6.68. The van der Waals surface area contributed by atoms with Crippen molar-refractivity contribution in [1.82, 2.24) is 10.2 Å². The Morgan fingerprint density at radius 3 is 2.89 bits per heavy atom. The Morgan fingerprint density at radius 2 is 2.11 bits per heavy atom. The van der Waals surface area contributed by atoms with Crippen molar-refractivity contribution >= 4 is 39.5 Å². The average Bonchev–Trinajstić information content (AvgIpc) is 2.70. The third-order valence-electron chi connectivity index (χ3n) is 5.35. The fraction of sp³-hybridized carbons (Fsp3) is 0.600. The first-order valence-electron chi connectivity index (χ1n) is 9.58. The lowest BCUT2D eigenvalue weighted by atomic mass is 9.89. The van der Waals surface area contributed by atoms with Gasteiger partial charge in [0.1, 0.15) is 6.04 Å². The highest BCUT2D eigenvalue weighted by Gasteiger charge is 2.39. The molecule has 1 N–H and O–H groups in total. The number of halogens is 1. The number of nitrogens with one attached hydrogen (secondary N) is 1. The first-order valence-corrected chi connectivity index (χ1v) is 11.8. The molecule has 3 atom stereocenters. The Balaban J connectivity index is 1.74. The maximum atomic E-state index is 13.3. The highest BCUT2D eigenvalue weighted by atomic mass is 79.9. The summed E-state index contributed by atoms with van der Waals surface area (Å²) in [5.74, 6) is 0.644. The molecule has 3 unspecified atom stereocenters. The minimum atomic E-state index is -0.502. The quantitative estimate of drug-likeness (QED) is 0.714. The largest absolute Gasteiger partial charge is 0.374 e. The van der Waals surface area contributed by atoms with Gasteiger partial charge < -0.3 is 15.0 Å². The molecular formula is C20H27BrN2O3S. The van der Waals surface area contributed by atoms with Crippen molar-refractivity contribution in [3.8, 4) is 0 Å². The summed E-state index contributed by atoms with van der Waals surface area (Å²) in [5, 5.41) is 2.99. The number of hydrogen-bond donors (Lipinski definition) is 1. The number of hydrogen-bond acceptors (Lipinski definition) is 4. The molecule has 2 amide bonds. The first-order chi connectivity index (χ1) is 13.1. The molecule has 1 aliphatic heterocycles. The van der Waals surface area contributed by atoms with Crippen molar-refractivity contribution in [3.63, 3.8) is 0 Å². The van der Waals surface area contributed by atoms with Gasteiger partial charge in [0, 0.05) is 11.0 Å². The normalized spacial score (nSPS) is 23.4. The summed E-state index contributed by atoms with van der Waals surface area (Å²) in [4.78, 5) is 28.1. The minimum Gasteiger partial charge on any atom is -0.374 e. The highest BCUT2D eigenvalue weighted by molar-refractivity contribution is 9.10. The monoisotopic (exact) mass is 454 g/mol. The minimum absolute atomic E-state index is 0.0321. The molecule has 148 valence electrons. The van der Waals surface area contributed by atoms with Crippen LogP contribution in [0.25, 0.3) is 0 Å². The van der Waals surface area contributed by atoms with Gasteiger partial charge in [0.15, 0.2) is 0 Å². The van der Waals surface area contributed by atoms with E-state index in [1.807, 2.05) is 29.4 Å². The number of carbonyl (C=O) groups excluding carboxylic acids is 2. The number of ether oxygens (including phenoxy) is 1. The van der Waals surface area contributed by atoms with E-state index in [0.29, 0.717) is 25.1 Å². The second-order valence-corrected chi connectivity index (χ2v) is 8.92.